The smallest absolute Gasteiger partial charge is 0.146 e. The van der Waals surface area contributed by atoms with Crippen molar-refractivity contribution >= 4 is 0 Å². The van der Waals surface area contributed by atoms with E-state index in [-0.39, 0.29) is 10.8 Å². The quantitative estimate of drug-likeness (QED) is 0.119. The summed E-state index contributed by atoms with van der Waals surface area (Å²) in [6.45, 7) is 17.0. The number of benzene rings is 1. The molecule has 0 spiro atoms. The Hall–Kier alpha value is -1.06. The minimum atomic E-state index is -0.100. The first kappa shape index (κ1) is 35.0. The topological polar surface area (TPSA) is 38.7 Å². The fourth-order valence-electron chi connectivity index (χ4n) is 5.10. The zero-order valence-corrected chi connectivity index (χ0v) is 26.6. The second-order valence-electron chi connectivity index (χ2n) is 13.5. The van der Waals surface area contributed by atoms with Crippen LogP contribution in [-0.2, 0) is 26.7 Å². The number of rotatable bonds is 22. The van der Waals surface area contributed by atoms with Crippen molar-refractivity contribution in [1.82, 2.24) is 0 Å². The van der Waals surface area contributed by atoms with E-state index in [4.69, 9.17) is 9.47 Å². The molecule has 0 atom stereocenters. The van der Waals surface area contributed by atoms with Gasteiger partial charge < -0.3 is 14.6 Å². The van der Waals surface area contributed by atoms with Crippen molar-refractivity contribution in [3.63, 3.8) is 0 Å². The molecule has 0 aliphatic rings. The van der Waals surface area contributed by atoms with Gasteiger partial charge in [0.1, 0.15) is 12.5 Å². The van der Waals surface area contributed by atoms with E-state index < -0.39 is 0 Å². The van der Waals surface area contributed by atoms with Crippen LogP contribution in [0.3, 0.4) is 0 Å². The Balaban J connectivity index is 2.02. The molecule has 0 heterocycles. The van der Waals surface area contributed by atoms with E-state index in [0.717, 1.165) is 30.6 Å². The van der Waals surface area contributed by atoms with Crippen LogP contribution < -0.4 is 0 Å². The van der Waals surface area contributed by atoms with Crippen molar-refractivity contribution in [3.05, 3.63) is 28.8 Å². The van der Waals surface area contributed by atoms with E-state index >= 15 is 0 Å². The lowest BCUT2D eigenvalue weighted by molar-refractivity contribution is -0.0536. The highest BCUT2D eigenvalue weighted by molar-refractivity contribution is 5.49. The van der Waals surface area contributed by atoms with Gasteiger partial charge in [0, 0.05) is 6.61 Å². The highest BCUT2D eigenvalue weighted by Crippen LogP contribution is 2.39. The molecular weight excluding hydrogens is 468 g/mol. The molecule has 0 aliphatic carbocycles. The van der Waals surface area contributed by atoms with Crippen LogP contribution in [0.5, 0.6) is 5.75 Å². The number of hydrogen-bond acceptors (Lipinski definition) is 3. The van der Waals surface area contributed by atoms with Gasteiger partial charge in [-0.15, -0.1) is 0 Å². The van der Waals surface area contributed by atoms with Crippen LogP contribution in [0.25, 0.3) is 0 Å². The first-order valence-corrected chi connectivity index (χ1v) is 16.1. The van der Waals surface area contributed by atoms with E-state index in [1.807, 2.05) is 0 Å². The van der Waals surface area contributed by atoms with Crippen LogP contribution in [0.15, 0.2) is 12.1 Å². The lowest BCUT2D eigenvalue weighted by Crippen LogP contribution is -2.18. The average Bonchev–Trinajstić information content (AvgIpc) is 2.84. The Morgan fingerprint density at radius 2 is 0.921 bits per heavy atom. The lowest BCUT2D eigenvalue weighted by Gasteiger charge is -2.28. The van der Waals surface area contributed by atoms with E-state index in [1.165, 1.54) is 102 Å². The van der Waals surface area contributed by atoms with Crippen molar-refractivity contribution in [1.29, 1.82) is 0 Å². The van der Waals surface area contributed by atoms with Gasteiger partial charge in [-0.3, -0.25) is 0 Å². The molecule has 38 heavy (non-hydrogen) atoms. The number of phenolic OH excluding ortho intramolecular Hbond substituents is 1. The zero-order valence-electron chi connectivity index (χ0n) is 26.6. The van der Waals surface area contributed by atoms with Gasteiger partial charge in [-0.05, 0) is 40.4 Å². The normalized spacial score (nSPS) is 12.4. The van der Waals surface area contributed by atoms with E-state index in [0.29, 0.717) is 19.1 Å². The maximum Gasteiger partial charge on any atom is 0.146 e. The summed E-state index contributed by atoms with van der Waals surface area (Å²) in [7, 11) is 0. The van der Waals surface area contributed by atoms with Crippen LogP contribution in [0.1, 0.15) is 168 Å². The summed E-state index contributed by atoms with van der Waals surface area (Å²) in [6.07, 6.45) is 23.0. The Morgan fingerprint density at radius 1 is 0.553 bits per heavy atom. The van der Waals surface area contributed by atoms with E-state index in [1.54, 1.807) is 0 Å². The predicted molar refractivity (Wildman–Crippen MR) is 166 cm³/mol. The third-order valence-corrected chi connectivity index (χ3v) is 7.63. The molecule has 1 rings (SSSR count). The van der Waals surface area contributed by atoms with Crippen molar-refractivity contribution in [2.45, 2.75) is 168 Å². The number of ether oxygens (including phenoxy) is 2. The van der Waals surface area contributed by atoms with Gasteiger partial charge in [0.25, 0.3) is 0 Å². The molecule has 1 aromatic rings. The van der Waals surface area contributed by atoms with Crippen molar-refractivity contribution in [2.24, 2.45) is 0 Å². The third-order valence-electron chi connectivity index (χ3n) is 7.63. The van der Waals surface area contributed by atoms with Gasteiger partial charge >= 0.3 is 0 Å². The summed E-state index contributed by atoms with van der Waals surface area (Å²) < 4.78 is 11.5. The summed E-state index contributed by atoms with van der Waals surface area (Å²) in [6, 6.07) is 4.29. The fraction of sp³-hybridized carbons (Fsp3) is 0.829. The van der Waals surface area contributed by atoms with Gasteiger partial charge in [-0.2, -0.15) is 0 Å². The molecule has 0 aliphatic heterocycles. The molecule has 0 amide bonds. The molecule has 0 saturated heterocycles. The van der Waals surface area contributed by atoms with Gasteiger partial charge in [0.15, 0.2) is 0 Å². The van der Waals surface area contributed by atoms with Crippen LogP contribution in [-0.4, -0.2) is 25.1 Å². The number of phenols is 1. The number of unbranched alkanes of at least 4 members (excludes halogenated alkanes) is 15. The van der Waals surface area contributed by atoms with Crippen LogP contribution in [0.4, 0.5) is 0 Å². The van der Waals surface area contributed by atoms with Crippen LogP contribution in [0, 0.1) is 0 Å². The van der Waals surface area contributed by atoms with Gasteiger partial charge in [-0.1, -0.05) is 157 Å². The Bertz CT molecular complexity index is 676. The molecule has 222 valence electrons. The second-order valence-corrected chi connectivity index (χ2v) is 13.5. The molecule has 3 nitrogen and oxygen atoms in total. The molecule has 0 radical (unpaired) electrons. The molecule has 0 saturated carbocycles. The maximum absolute atomic E-state index is 10.9. The second kappa shape index (κ2) is 19.9. The van der Waals surface area contributed by atoms with Crippen LogP contribution in [0.2, 0.25) is 0 Å². The predicted octanol–water partition coefficient (Wildman–Crippen LogP) is 10.8. The summed E-state index contributed by atoms with van der Waals surface area (Å²) in [4.78, 5) is 0. The lowest BCUT2D eigenvalue weighted by atomic mass is 9.78. The van der Waals surface area contributed by atoms with Crippen molar-refractivity contribution in [2.75, 3.05) is 20.0 Å². The minimum Gasteiger partial charge on any atom is -0.507 e. The Kier molecular flexibility index (Phi) is 18.3. The molecule has 1 aromatic carbocycles. The van der Waals surface area contributed by atoms with Crippen molar-refractivity contribution in [3.8, 4) is 5.75 Å². The average molecular weight is 533 g/mol. The molecule has 3 heteroatoms. The maximum atomic E-state index is 10.9. The first-order valence-electron chi connectivity index (χ1n) is 16.1. The molecular formula is C35H64O3. The molecule has 0 fully saturated rings. The number of hydrogen-bond donors (Lipinski definition) is 1. The van der Waals surface area contributed by atoms with Gasteiger partial charge in [0.05, 0.1) is 6.61 Å². The molecule has 0 bridgehead atoms. The van der Waals surface area contributed by atoms with E-state index in [2.05, 4.69) is 60.6 Å². The van der Waals surface area contributed by atoms with Crippen molar-refractivity contribution < 1.29 is 14.6 Å². The monoisotopic (exact) mass is 532 g/mol. The Morgan fingerprint density at radius 3 is 1.32 bits per heavy atom. The van der Waals surface area contributed by atoms with Gasteiger partial charge in [0.2, 0.25) is 0 Å². The highest BCUT2D eigenvalue weighted by Gasteiger charge is 2.26. The molecule has 0 unspecified atom stereocenters. The standard InChI is InChI=1S/C35H64O3/c1-8-9-10-11-12-13-14-15-16-17-18-19-20-21-22-23-25-37-29-38-26-24-30-27-31(34(2,3)4)33(36)32(28-30)35(5,6)7/h27-28,36H,8-26,29H2,1-7H3. The molecule has 0 aromatic heterocycles. The zero-order chi connectivity index (χ0) is 28.3. The summed E-state index contributed by atoms with van der Waals surface area (Å²) in [5, 5.41) is 10.9. The first-order chi connectivity index (χ1) is 18.1. The van der Waals surface area contributed by atoms with E-state index in [9.17, 15) is 5.11 Å². The fourth-order valence-corrected chi connectivity index (χ4v) is 5.10. The summed E-state index contributed by atoms with van der Waals surface area (Å²) in [5.74, 6) is 0.441. The van der Waals surface area contributed by atoms with Crippen LogP contribution >= 0.6 is 0 Å². The summed E-state index contributed by atoms with van der Waals surface area (Å²) >= 11 is 0. The number of aromatic hydroxyl groups is 1. The largest absolute Gasteiger partial charge is 0.507 e. The Labute approximate surface area is 237 Å². The summed E-state index contributed by atoms with van der Waals surface area (Å²) in [5.41, 5.74) is 3.04. The SMILES string of the molecule is CCCCCCCCCCCCCCCCCCOCOCCc1cc(C(C)(C)C)c(O)c(C(C)(C)C)c1. The highest BCUT2D eigenvalue weighted by atomic mass is 16.7. The molecule has 1 N–H and O–H groups in total. The minimum absolute atomic E-state index is 0.100. The third kappa shape index (κ3) is 16.1. The van der Waals surface area contributed by atoms with Gasteiger partial charge in [-0.25, -0.2) is 0 Å².